The van der Waals surface area contributed by atoms with Crippen LogP contribution in [-0.2, 0) is 24.0 Å². The van der Waals surface area contributed by atoms with Gasteiger partial charge in [0, 0.05) is 6.54 Å². The lowest BCUT2D eigenvalue weighted by Crippen LogP contribution is -2.58. The number of likely N-dealkylation sites (tertiary alicyclic amines) is 1. The number of nitrogens with zero attached hydrogens (tertiary/aromatic N) is 1. The fraction of sp³-hybridized carbons (Fsp3) is 0.737. The first-order valence-corrected chi connectivity index (χ1v) is 10.2. The molecule has 1 aliphatic heterocycles. The quantitative estimate of drug-likeness (QED) is 0.203. The van der Waals surface area contributed by atoms with Gasteiger partial charge in [-0.25, -0.2) is 4.79 Å². The van der Waals surface area contributed by atoms with Crippen molar-refractivity contribution in [3.05, 3.63) is 0 Å². The van der Waals surface area contributed by atoms with E-state index < -0.39 is 66.3 Å². The molecule has 1 heterocycles. The topological polar surface area (TPSA) is 205 Å². The first-order chi connectivity index (χ1) is 14.3. The van der Waals surface area contributed by atoms with Gasteiger partial charge in [0.05, 0.1) is 12.5 Å². The van der Waals surface area contributed by atoms with E-state index in [1.54, 1.807) is 0 Å². The van der Waals surface area contributed by atoms with Crippen LogP contribution in [0.25, 0.3) is 0 Å². The van der Waals surface area contributed by atoms with Crippen molar-refractivity contribution in [3.8, 4) is 0 Å². The van der Waals surface area contributed by atoms with Crippen molar-refractivity contribution < 1.29 is 34.2 Å². The first-order valence-electron chi connectivity index (χ1n) is 10.2. The first kappa shape index (κ1) is 26.3. The van der Waals surface area contributed by atoms with Crippen molar-refractivity contribution in [3.63, 3.8) is 0 Å². The molecule has 1 saturated heterocycles. The van der Waals surface area contributed by atoms with Gasteiger partial charge in [-0.1, -0.05) is 13.8 Å². The van der Waals surface area contributed by atoms with Gasteiger partial charge >= 0.3 is 5.97 Å². The highest BCUT2D eigenvalue weighted by Gasteiger charge is 2.39. The largest absolute Gasteiger partial charge is 0.480 e. The van der Waals surface area contributed by atoms with Gasteiger partial charge in [0.2, 0.25) is 23.6 Å². The van der Waals surface area contributed by atoms with Crippen LogP contribution in [0.4, 0.5) is 0 Å². The number of amides is 4. The van der Waals surface area contributed by atoms with E-state index >= 15 is 0 Å². The zero-order chi connectivity index (χ0) is 23.9. The maximum atomic E-state index is 13.0. The van der Waals surface area contributed by atoms with Crippen molar-refractivity contribution in [1.82, 2.24) is 15.5 Å². The third kappa shape index (κ3) is 7.79. The highest BCUT2D eigenvalue weighted by molar-refractivity contribution is 5.96. The minimum absolute atomic E-state index is 0.0241. The Balaban J connectivity index is 2.97. The Bertz CT molecular complexity index is 697. The molecule has 0 bridgehead atoms. The lowest BCUT2D eigenvalue weighted by molar-refractivity contribution is -0.145. The molecule has 176 valence electrons. The molecular formula is C19H33N5O7. The van der Waals surface area contributed by atoms with Crippen LogP contribution in [0.2, 0.25) is 0 Å². The second-order valence-corrected chi connectivity index (χ2v) is 8.22. The number of aliphatic hydroxyl groups excluding tert-OH is 1. The van der Waals surface area contributed by atoms with E-state index in [4.69, 9.17) is 11.5 Å². The summed E-state index contributed by atoms with van der Waals surface area (Å²) in [5.41, 5.74) is 10.8. The Morgan fingerprint density at radius 3 is 2.19 bits per heavy atom. The van der Waals surface area contributed by atoms with Gasteiger partial charge in [-0.3, -0.25) is 19.2 Å². The van der Waals surface area contributed by atoms with Gasteiger partial charge < -0.3 is 37.2 Å². The number of carboxylic acids is 1. The molecule has 0 saturated carbocycles. The van der Waals surface area contributed by atoms with Crippen LogP contribution in [0.5, 0.6) is 0 Å². The third-order valence-electron chi connectivity index (χ3n) is 5.00. The lowest BCUT2D eigenvalue weighted by Gasteiger charge is -2.30. The molecule has 4 amide bonds. The molecule has 12 nitrogen and oxygen atoms in total. The number of carbonyl (C=O) groups is 5. The van der Waals surface area contributed by atoms with Crippen molar-refractivity contribution in [2.45, 2.75) is 76.7 Å². The summed E-state index contributed by atoms with van der Waals surface area (Å²) in [6.07, 6.45) is -0.706. The predicted molar refractivity (Wildman–Crippen MR) is 109 cm³/mol. The Hall–Kier alpha value is -2.73. The van der Waals surface area contributed by atoms with E-state index in [2.05, 4.69) is 10.6 Å². The second kappa shape index (κ2) is 11.6. The molecule has 0 aliphatic carbocycles. The van der Waals surface area contributed by atoms with E-state index in [-0.39, 0.29) is 18.9 Å². The van der Waals surface area contributed by atoms with Crippen LogP contribution in [-0.4, -0.2) is 81.5 Å². The summed E-state index contributed by atoms with van der Waals surface area (Å²) >= 11 is 0. The van der Waals surface area contributed by atoms with Crippen LogP contribution in [0.1, 0.15) is 46.5 Å². The van der Waals surface area contributed by atoms with E-state index in [0.717, 1.165) is 0 Å². The van der Waals surface area contributed by atoms with Crippen molar-refractivity contribution in [1.29, 1.82) is 0 Å². The lowest BCUT2D eigenvalue weighted by atomic mass is 10.0. The predicted octanol–water partition coefficient (Wildman–Crippen LogP) is -2.34. The van der Waals surface area contributed by atoms with Crippen LogP contribution in [0.15, 0.2) is 0 Å². The SMILES string of the molecule is CC(C)CC(NC(=O)C1CCCN1C(=O)C(CC(N)=O)NC(=O)C(N)C(C)O)C(=O)O. The molecule has 0 radical (unpaired) electrons. The van der Waals surface area contributed by atoms with E-state index in [9.17, 15) is 34.2 Å². The molecule has 1 rings (SSSR count). The average molecular weight is 444 g/mol. The van der Waals surface area contributed by atoms with Crippen LogP contribution >= 0.6 is 0 Å². The highest BCUT2D eigenvalue weighted by atomic mass is 16.4. The number of nitrogens with two attached hydrogens (primary N) is 2. The Labute approximate surface area is 180 Å². The number of nitrogens with one attached hydrogen (secondary N) is 2. The summed E-state index contributed by atoms with van der Waals surface area (Å²) in [5, 5.41) is 23.6. The van der Waals surface area contributed by atoms with Gasteiger partial charge in [-0.15, -0.1) is 0 Å². The van der Waals surface area contributed by atoms with Crippen molar-refractivity contribution in [2.75, 3.05) is 6.54 Å². The molecule has 5 atom stereocenters. The second-order valence-electron chi connectivity index (χ2n) is 8.22. The highest BCUT2D eigenvalue weighted by Crippen LogP contribution is 2.20. The maximum absolute atomic E-state index is 13.0. The fourth-order valence-corrected chi connectivity index (χ4v) is 3.35. The van der Waals surface area contributed by atoms with Gasteiger partial charge in [0.15, 0.2) is 0 Å². The van der Waals surface area contributed by atoms with Crippen LogP contribution in [0, 0.1) is 5.92 Å². The standard InChI is InChI=1S/C19H33N5O7/c1-9(2)7-12(19(30)31)23-16(27)13-5-4-6-24(13)18(29)11(8-14(20)26)22-17(28)15(21)10(3)25/h9-13,15,25H,4-8,21H2,1-3H3,(H2,20,26)(H,22,28)(H,23,27)(H,30,31). The zero-order valence-corrected chi connectivity index (χ0v) is 18.0. The average Bonchev–Trinajstić information content (AvgIpc) is 3.14. The Kier molecular flexibility index (Phi) is 9.85. The molecule has 31 heavy (non-hydrogen) atoms. The number of primary amides is 1. The number of hydrogen-bond donors (Lipinski definition) is 6. The number of carboxylic acid groups (broad SMARTS) is 1. The van der Waals surface area contributed by atoms with Gasteiger partial charge in [-0.05, 0) is 32.1 Å². The van der Waals surface area contributed by atoms with Crippen molar-refractivity contribution in [2.24, 2.45) is 17.4 Å². The molecule has 5 unspecified atom stereocenters. The molecule has 12 heteroatoms. The van der Waals surface area contributed by atoms with Crippen molar-refractivity contribution >= 4 is 29.6 Å². The number of hydrogen-bond acceptors (Lipinski definition) is 7. The van der Waals surface area contributed by atoms with Gasteiger partial charge in [0.1, 0.15) is 24.2 Å². The molecule has 0 spiro atoms. The summed E-state index contributed by atoms with van der Waals surface area (Å²) in [6.45, 7) is 5.13. The minimum Gasteiger partial charge on any atom is -0.480 e. The normalized spacial score (nSPS) is 19.9. The van der Waals surface area contributed by atoms with Gasteiger partial charge in [-0.2, -0.15) is 0 Å². The summed E-state index contributed by atoms with van der Waals surface area (Å²) in [7, 11) is 0. The monoisotopic (exact) mass is 443 g/mol. The number of aliphatic hydroxyl groups is 1. The van der Waals surface area contributed by atoms with E-state index in [1.165, 1.54) is 11.8 Å². The molecular weight excluding hydrogens is 410 g/mol. The van der Waals surface area contributed by atoms with E-state index in [0.29, 0.717) is 12.8 Å². The van der Waals surface area contributed by atoms with Crippen LogP contribution in [0.3, 0.4) is 0 Å². The minimum atomic E-state index is -1.37. The summed E-state index contributed by atoms with van der Waals surface area (Å²) in [5.74, 6) is -4.19. The number of rotatable bonds is 11. The number of carbonyl (C=O) groups excluding carboxylic acids is 4. The Morgan fingerprint density at radius 1 is 1.10 bits per heavy atom. The molecule has 1 aliphatic rings. The molecule has 8 N–H and O–H groups in total. The van der Waals surface area contributed by atoms with E-state index in [1.807, 2.05) is 13.8 Å². The van der Waals surface area contributed by atoms with Crippen LogP contribution < -0.4 is 22.1 Å². The maximum Gasteiger partial charge on any atom is 0.326 e. The fourth-order valence-electron chi connectivity index (χ4n) is 3.35. The third-order valence-corrected chi connectivity index (χ3v) is 5.00. The summed E-state index contributed by atoms with van der Waals surface area (Å²) < 4.78 is 0. The summed E-state index contributed by atoms with van der Waals surface area (Å²) in [4.78, 5) is 62.0. The van der Waals surface area contributed by atoms with Gasteiger partial charge in [0.25, 0.3) is 0 Å². The Morgan fingerprint density at radius 2 is 1.71 bits per heavy atom. The zero-order valence-electron chi connectivity index (χ0n) is 18.0. The molecule has 0 aromatic rings. The number of aliphatic carboxylic acids is 1. The summed E-state index contributed by atoms with van der Waals surface area (Å²) in [6, 6.07) is -4.74. The molecule has 0 aromatic heterocycles. The molecule has 0 aromatic carbocycles. The molecule has 1 fully saturated rings. The smallest absolute Gasteiger partial charge is 0.326 e.